The second-order valence-electron chi connectivity index (χ2n) is 4.58. The molecule has 0 atom stereocenters. The van der Waals surface area contributed by atoms with Crippen molar-refractivity contribution in [3.63, 3.8) is 0 Å². The van der Waals surface area contributed by atoms with E-state index in [1.807, 2.05) is 36.4 Å². The SMILES string of the molecule is NCc1ccc(NC(=O)Nc2nc3ccccc3[nH]2)cc1. The zero-order valence-electron chi connectivity index (χ0n) is 11.3. The summed E-state index contributed by atoms with van der Waals surface area (Å²) in [5, 5.41) is 5.40. The highest BCUT2D eigenvalue weighted by atomic mass is 16.2. The Labute approximate surface area is 121 Å². The van der Waals surface area contributed by atoms with Gasteiger partial charge in [-0.2, -0.15) is 0 Å². The number of carbonyl (C=O) groups is 1. The minimum absolute atomic E-state index is 0.352. The lowest BCUT2D eigenvalue weighted by Crippen LogP contribution is -2.20. The van der Waals surface area contributed by atoms with Crippen LogP contribution >= 0.6 is 0 Å². The summed E-state index contributed by atoms with van der Waals surface area (Å²) >= 11 is 0. The normalized spacial score (nSPS) is 10.5. The molecular weight excluding hydrogens is 266 g/mol. The number of urea groups is 1. The van der Waals surface area contributed by atoms with Crippen molar-refractivity contribution < 1.29 is 4.79 Å². The monoisotopic (exact) mass is 281 g/mol. The molecule has 0 saturated carbocycles. The van der Waals surface area contributed by atoms with Gasteiger partial charge in [-0.15, -0.1) is 0 Å². The van der Waals surface area contributed by atoms with Crippen LogP contribution in [0.1, 0.15) is 5.56 Å². The number of H-pyrrole nitrogens is 1. The summed E-state index contributed by atoms with van der Waals surface area (Å²) in [6, 6.07) is 14.6. The van der Waals surface area contributed by atoms with Gasteiger partial charge in [0.15, 0.2) is 0 Å². The van der Waals surface area contributed by atoms with Gasteiger partial charge < -0.3 is 16.0 Å². The van der Waals surface area contributed by atoms with Crippen LogP contribution in [0.2, 0.25) is 0 Å². The molecular formula is C15H15N5O. The van der Waals surface area contributed by atoms with Gasteiger partial charge in [-0.25, -0.2) is 9.78 Å². The van der Waals surface area contributed by atoms with Gasteiger partial charge >= 0.3 is 6.03 Å². The van der Waals surface area contributed by atoms with Crippen molar-refractivity contribution in [3.8, 4) is 0 Å². The van der Waals surface area contributed by atoms with Crippen LogP contribution in [0.5, 0.6) is 0 Å². The number of fused-ring (bicyclic) bond motifs is 1. The number of hydrogen-bond acceptors (Lipinski definition) is 3. The van der Waals surface area contributed by atoms with E-state index in [0.29, 0.717) is 18.2 Å². The van der Waals surface area contributed by atoms with E-state index in [4.69, 9.17) is 5.73 Å². The molecule has 0 aliphatic rings. The van der Waals surface area contributed by atoms with Gasteiger partial charge in [0.1, 0.15) is 0 Å². The molecule has 6 heteroatoms. The van der Waals surface area contributed by atoms with Crippen LogP contribution < -0.4 is 16.4 Å². The van der Waals surface area contributed by atoms with Gasteiger partial charge in [-0.1, -0.05) is 24.3 Å². The van der Waals surface area contributed by atoms with Crippen molar-refractivity contribution in [3.05, 3.63) is 54.1 Å². The number of imidazole rings is 1. The second kappa shape index (κ2) is 5.64. The molecule has 3 aromatic rings. The quantitative estimate of drug-likeness (QED) is 0.594. The van der Waals surface area contributed by atoms with Crippen LogP contribution in [0.3, 0.4) is 0 Å². The van der Waals surface area contributed by atoms with Gasteiger partial charge in [0.05, 0.1) is 11.0 Å². The lowest BCUT2D eigenvalue weighted by molar-refractivity contribution is 0.262. The van der Waals surface area contributed by atoms with Crippen LogP contribution in [0.25, 0.3) is 11.0 Å². The van der Waals surface area contributed by atoms with E-state index >= 15 is 0 Å². The minimum atomic E-state index is -0.352. The highest BCUT2D eigenvalue weighted by Gasteiger charge is 2.06. The van der Waals surface area contributed by atoms with E-state index in [0.717, 1.165) is 16.6 Å². The summed E-state index contributed by atoms with van der Waals surface area (Å²) in [7, 11) is 0. The van der Waals surface area contributed by atoms with Crippen LogP contribution in [-0.2, 0) is 6.54 Å². The standard InChI is InChI=1S/C15H15N5O/c16-9-10-5-7-11(8-6-10)17-15(21)20-14-18-12-3-1-2-4-13(12)19-14/h1-8H,9,16H2,(H3,17,18,19,20,21). The smallest absolute Gasteiger partial charge is 0.326 e. The summed E-state index contributed by atoms with van der Waals surface area (Å²) < 4.78 is 0. The molecule has 3 rings (SSSR count). The Kier molecular flexibility index (Phi) is 3.53. The third-order valence-electron chi connectivity index (χ3n) is 3.07. The molecule has 0 fully saturated rings. The molecule has 2 amide bonds. The van der Waals surface area contributed by atoms with Crippen molar-refractivity contribution >= 4 is 28.7 Å². The predicted octanol–water partition coefficient (Wildman–Crippen LogP) is 2.67. The largest absolute Gasteiger partial charge is 0.326 e. The summed E-state index contributed by atoms with van der Waals surface area (Å²) in [6.07, 6.45) is 0. The summed E-state index contributed by atoms with van der Waals surface area (Å²) in [5.41, 5.74) is 8.92. The average molecular weight is 281 g/mol. The van der Waals surface area contributed by atoms with Gasteiger partial charge in [-0.05, 0) is 29.8 Å². The minimum Gasteiger partial charge on any atom is -0.326 e. The van der Waals surface area contributed by atoms with Crippen LogP contribution in [0.4, 0.5) is 16.4 Å². The highest BCUT2D eigenvalue weighted by molar-refractivity contribution is 5.99. The van der Waals surface area contributed by atoms with E-state index in [1.165, 1.54) is 0 Å². The number of rotatable bonds is 3. The van der Waals surface area contributed by atoms with Gasteiger partial charge in [0, 0.05) is 12.2 Å². The zero-order valence-corrected chi connectivity index (χ0v) is 11.3. The summed E-state index contributed by atoms with van der Waals surface area (Å²) in [5.74, 6) is 0.410. The Morgan fingerprint density at radius 1 is 1.10 bits per heavy atom. The molecule has 2 aromatic carbocycles. The highest BCUT2D eigenvalue weighted by Crippen LogP contribution is 2.14. The number of nitrogens with zero attached hydrogens (tertiary/aromatic N) is 1. The van der Waals surface area contributed by atoms with Crippen molar-refractivity contribution in [2.45, 2.75) is 6.54 Å². The van der Waals surface area contributed by atoms with E-state index in [2.05, 4.69) is 20.6 Å². The van der Waals surface area contributed by atoms with Crippen LogP contribution in [0.15, 0.2) is 48.5 Å². The zero-order chi connectivity index (χ0) is 14.7. The molecule has 0 unspecified atom stereocenters. The lowest BCUT2D eigenvalue weighted by atomic mass is 10.2. The van der Waals surface area contributed by atoms with Crippen molar-refractivity contribution in [2.24, 2.45) is 5.73 Å². The van der Waals surface area contributed by atoms with E-state index < -0.39 is 0 Å². The molecule has 0 aliphatic heterocycles. The van der Waals surface area contributed by atoms with Crippen molar-refractivity contribution in [1.82, 2.24) is 9.97 Å². The molecule has 0 saturated heterocycles. The average Bonchev–Trinajstić information content (AvgIpc) is 2.90. The molecule has 0 bridgehead atoms. The fourth-order valence-corrected chi connectivity index (χ4v) is 2.01. The molecule has 0 radical (unpaired) electrons. The lowest BCUT2D eigenvalue weighted by Gasteiger charge is -2.06. The number of hydrogen-bond donors (Lipinski definition) is 4. The molecule has 106 valence electrons. The first kappa shape index (κ1) is 13.1. The number of benzene rings is 2. The Morgan fingerprint density at radius 2 is 1.86 bits per heavy atom. The molecule has 21 heavy (non-hydrogen) atoms. The second-order valence-corrected chi connectivity index (χ2v) is 4.58. The number of nitrogens with two attached hydrogens (primary N) is 1. The Bertz CT molecular complexity index is 730. The fraction of sp³-hybridized carbons (Fsp3) is 0.0667. The summed E-state index contributed by atoms with van der Waals surface area (Å²) in [4.78, 5) is 19.2. The summed E-state index contributed by atoms with van der Waals surface area (Å²) in [6.45, 7) is 0.478. The van der Waals surface area contributed by atoms with E-state index in [9.17, 15) is 4.79 Å². The van der Waals surface area contributed by atoms with Crippen molar-refractivity contribution in [2.75, 3.05) is 10.6 Å². The maximum absolute atomic E-state index is 11.9. The maximum Gasteiger partial charge on any atom is 0.326 e. The van der Waals surface area contributed by atoms with E-state index in [-0.39, 0.29) is 6.03 Å². The number of nitrogens with one attached hydrogen (secondary N) is 3. The molecule has 1 heterocycles. The van der Waals surface area contributed by atoms with Crippen LogP contribution in [-0.4, -0.2) is 16.0 Å². The first-order valence-electron chi connectivity index (χ1n) is 6.56. The molecule has 1 aromatic heterocycles. The predicted molar refractivity (Wildman–Crippen MR) is 83.1 cm³/mol. The topological polar surface area (TPSA) is 95.8 Å². The number of aromatic amines is 1. The van der Waals surface area contributed by atoms with Gasteiger partial charge in [-0.3, -0.25) is 5.32 Å². The van der Waals surface area contributed by atoms with Gasteiger partial charge in [0.2, 0.25) is 5.95 Å². The van der Waals surface area contributed by atoms with Gasteiger partial charge in [0.25, 0.3) is 0 Å². The number of anilines is 2. The number of carbonyl (C=O) groups excluding carboxylic acids is 1. The Morgan fingerprint density at radius 3 is 2.57 bits per heavy atom. The Hall–Kier alpha value is -2.86. The van der Waals surface area contributed by atoms with E-state index in [1.54, 1.807) is 12.1 Å². The molecule has 0 spiro atoms. The molecule has 0 aliphatic carbocycles. The number of para-hydroxylation sites is 2. The maximum atomic E-state index is 11.9. The third-order valence-corrected chi connectivity index (χ3v) is 3.07. The third kappa shape index (κ3) is 3.01. The van der Waals surface area contributed by atoms with Crippen molar-refractivity contribution in [1.29, 1.82) is 0 Å². The van der Waals surface area contributed by atoms with Crippen LogP contribution in [0, 0.1) is 0 Å². The first-order chi connectivity index (χ1) is 10.2. The first-order valence-corrected chi connectivity index (χ1v) is 6.56. The Balaban J connectivity index is 1.67. The number of aromatic nitrogens is 2. The molecule has 5 N–H and O–H groups in total. The number of amides is 2. The molecule has 6 nitrogen and oxygen atoms in total. The fourth-order valence-electron chi connectivity index (χ4n) is 2.01.